The molecule has 1 aromatic carbocycles. The van der Waals surface area contributed by atoms with E-state index in [1.165, 1.54) is 3.59 Å². The van der Waals surface area contributed by atoms with Gasteiger partial charge in [-0.05, 0) is 12.1 Å². The standard InChI is InChI=1S/C7H5BrN2O/c8-10-6-4-2-1-3-5(6)9-7(10)11/h1-4H,(H,9,11). The van der Waals surface area contributed by atoms with Gasteiger partial charge in [-0.1, -0.05) is 12.1 Å². The molecule has 0 aliphatic rings. The summed E-state index contributed by atoms with van der Waals surface area (Å²) in [6.07, 6.45) is 0. The lowest BCUT2D eigenvalue weighted by Gasteiger charge is -1.87. The fraction of sp³-hybridized carbons (Fsp3) is 0. The number of rotatable bonds is 0. The summed E-state index contributed by atoms with van der Waals surface area (Å²) in [4.78, 5) is 13.7. The van der Waals surface area contributed by atoms with Crippen LogP contribution in [0.2, 0.25) is 0 Å². The van der Waals surface area contributed by atoms with Crippen molar-refractivity contribution in [2.75, 3.05) is 0 Å². The summed E-state index contributed by atoms with van der Waals surface area (Å²) < 4.78 is 1.41. The number of aromatic amines is 1. The van der Waals surface area contributed by atoms with E-state index < -0.39 is 0 Å². The van der Waals surface area contributed by atoms with Gasteiger partial charge in [0.1, 0.15) is 0 Å². The molecule has 0 unspecified atom stereocenters. The number of para-hydroxylation sites is 2. The second-order valence-corrected chi connectivity index (χ2v) is 2.94. The largest absolute Gasteiger partial charge is 0.336 e. The SMILES string of the molecule is O=c1[nH]c2ccccc2n1Br. The summed E-state index contributed by atoms with van der Waals surface area (Å²) in [5, 5.41) is 0. The number of nitrogens with one attached hydrogen (secondary N) is 1. The molecule has 56 valence electrons. The van der Waals surface area contributed by atoms with E-state index in [1.54, 1.807) is 0 Å². The van der Waals surface area contributed by atoms with Gasteiger partial charge in [-0.2, -0.15) is 0 Å². The molecule has 4 heteroatoms. The molecule has 1 aromatic heterocycles. The summed E-state index contributed by atoms with van der Waals surface area (Å²) in [5.41, 5.74) is 1.55. The van der Waals surface area contributed by atoms with Gasteiger partial charge in [0.15, 0.2) is 0 Å². The molecular weight excluding hydrogens is 208 g/mol. The van der Waals surface area contributed by atoms with E-state index >= 15 is 0 Å². The molecule has 0 fully saturated rings. The zero-order valence-corrected chi connectivity index (χ0v) is 7.13. The van der Waals surface area contributed by atoms with Crippen LogP contribution in [0.1, 0.15) is 0 Å². The van der Waals surface area contributed by atoms with Gasteiger partial charge in [-0.25, -0.2) is 8.39 Å². The molecule has 0 saturated carbocycles. The number of aromatic nitrogens is 2. The lowest BCUT2D eigenvalue weighted by atomic mass is 10.3. The highest BCUT2D eigenvalue weighted by molar-refractivity contribution is 9.08. The zero-order chi connectivity index (χ0) is 7.84. The van der Waals surface area contributed by atoms with E-state index in [2.05, 4.69) is 21.1 Å². The fourth-order valence-electron chi connectivity index (χ4n) is 1.02. The molecule has 0 aliphatic heterocycles. The first kappa shape index (κ1) is 6.67. The maximum atomic E-state index is 11.0. The van der Waals surface area contributed by atoms with E-state index in [9.17, 15) is 4.79 Å². The van der Waals surface area contributed by atoms with Crippen LogP contribution in [0.5, 0.6) is 0 Å². The molecule has 0 bridgehead atoms. The van der Waals surface area contributed by atoms with Crippen LogP contribution in [0.25, 0.3) is 11.0 Å². The summed E-state index contributed by atoms with van der Waals surface area (Å²) in [7, 11) is 0. The van der Waals surface area contributed by atoms with Gasteiger partial charge < -0.3 is 4.98 Å². The van der Waals surface area contributed by atoms with Gasteiger partial charge in [-0.15, -0.1) is 0 Å². The first-order chi connectivity index (χ1) is 5.29. The van der Waals surface area contributed by atoms with Crippen LogP contribution in [0.3, 0.4) is 0 Å². The minimum absolute atomic E-state index is 0.147. The Bertz CT molecular complexity index is 443. The molecule has 11 heavy (non-hydrogen) atoms. The zero-order valence-electron chi connectivity index (χ0n) is 5.54. The predicted molar refractivity (Wildman–Crippen MR) is 46.9 cm³/mol. The number of hydrogen-bond acceptors (Lipinski definition) is 1. The second-order valence-electron chi connectivity index (χ2n) is 2.23. The molecule has 0 amide bonds. The highest BCUT2D eigenvalue weighted by atomic mass is 79.9. The summed E-state index contributed by atoms with van der Waals surface area (Å²) in [5.74, 6) is 0. The molecular formula is C7H5BrN2O. The van der Waals surface area contributed by atoms with Crippen molar-refractivity contribution in [3.8, 4) is 0 Å². The Balaban J connectivity index is 3.04. The molecule has 0 aliphatic carbocycles. The van der Waals surface area contributed by atoms with Crippen molar-refractivity contribution in [2.24, 2.45) is 0 Å². The van der Waals surface area contributed by atoms with Gasteiger partial charge >= 0.3 is 5.69 Å². The Labute approximate surface area is 71.0 Å². The number of hydrogen-bond donors (Lipinski definition) is 1. The van der Waals surface area contributed by atoms with Crippen LogP contribution in [-0.4, -0.2) is 8.58 Å². The van der Waals surface area contributed by atoms with Crippen LogP contribution < -0.4 is 5.69 Å². The first-order valence-electron chi connectivity index (χ1n) is 3.15. The van der Waals surface area contributed by atoms with E-state index in [-0.39, 0.29) is 5.69 Å². The number of nitrogens with zero attached hydrogens (tertiary/aromatic N) is 1. The third kappa shape index (κ3) is 0.903. The molecule has 0 spiro atoms. The number of halogens is 1. The minimum atomic E-state index is -0.147. The Kier molecular flexibility index (Phi) is 1.35. The number of imidazole rings is 1. The van der Waals surface area contributed by atoms with E-state index in [0.29, 0.717) is 0 Å². The van der Waals surface area contributed by atoms with Gasteiger partial charge in [-0.3, -0.25) is 0 Å². The molecule has 1 N–H and O–H groups in total. The maximum Gasteiger partial charge on any atom is 0.336 e. The van der Waals surface area contributed by atoms with Crippen molar-refractivity contribution in [3.05, 3.63) is 34.7 Å². The highest BCUT2D eigenvalue weighted by Crippen LogP contribution is 2.09. The Morgan fingerprint density at radius 2 is 2.09 bits per heavy atom. The molecule has 0 radical (unpaired) electrons. The Morgan fingerprint density at radius 3 is 2.82 bits per heavy atom. The van der Waals surface area contributed by atoms with Crippen molar-refractivity contribution in [2.45, 2.75) is 0 Å². The number of benzene rings is 1. The predicted octanol–water partition coefficient (Wildman–Crippen LogP) is 1.49. The van der Waals surface area contributed by atoms with E-state index in [0.717, 1.165) is 11.0 Å². The first-order valence-corrected chi connectivity index (χ1v) is 3.86. The molecule has 2 rings (SSSR count). The number of fused-ring (bicyclic) bond motifs is 1. The summed E-state index contributed by atoms with van der Waals surface area (Å²) in [6.45, 7) is 0. The third-order valence-electron chi connectivity index (χ3n) is 1.54. The normalized spacial score (nSPS) is 10.6. The summed E-state index contributed by atoms with van der Waals surface area (Å²) in [6, 6.07) is 7.48. The average Bonchev–Trinajstić information content (AvgIpc) is 2.30. The van der Waals surface area contributed by atoms with Gasteiger partial charge in [0.2, 0.25) is 0 Å². The Morgan fingerprint density at radius 1 is 1.36 bits per heavy atom. The molecule has 3 nitrogen and oxygen atoms in total. The molecule has 1 heterocycles. The van der Waals surface area contributed by atoms with Crippen molar-refractivity contribution >= 4 is 27.2 Å². The maximum absolute atomic E-state index is 11.0. The lowest BCUT2D eigenvalue weighted by molar-refractivity contribution is 1.17. The van der Waals surface area contributed by atoms with Crippen LogP contribution in [0, 0.1) is 0 Å². The number of H-pyrrole nitrogens is 1. The second kappa shape index (κ2) is 2.23. The van der Waals surface area contributed by atoms with Gasteiger partial charge in [0.25, 0.3) is 0 Å². The molecule has 2 aromatic rings. The van der Waals surface area contributed by atoms with Crippen molar-refractivity contribution < 1.29 is 0 Å². The quantitative estimate of drug-likeness (QED) is 0.707. The lowest BCUT2D eigenvalue weighted by Crippen LogP contribution is -2.06. The third-order valence-corrected chi connectivity index (χ3v) is 2.24. The molecule has 0 atom stereocenters. The monoisotopic (exact) mass is 212 g/mol. The topological polar surface area (TPSA) is 37.8 Å². The van der Waals surface area contributed by atoms with Crippen molar-refractivity contribution in [1.29, 1.82) is 0 Å². The Hall–Kier alpha value is -1.03. The van der Waals surface area contributed by atoms with Crippen molar-refractivity contribution in [3.63, 3.8) is 0 Å². The van der Waals surface area contributed by atoms with Crippen LogP contribution >= 0.6 is 16.1 Å². The average molecular weight is 213 g/mol. The van der Waals surface area contributed by atoms with Crippen molar-refractivity contribution in [1.82, 2.24) is 8.58 Å². The van der Waals surface area contributed by atoms with Crippen LogP contribution in [0.4, 0.5) is 0 Å². The van der Waals surface area contributed by atoms with Crippen LogP contribution in [-0.2, 0) is 0 Å². The van der Waals surface area contributed by atoms with E-state index in [1.807, 2.05) is 24.3 Å². The molecule has 0 saturated heterocycles. The van der Waals surface area contributed by atoms with Gasteiger partial charge in [0, 0.05) is 0 Å². The minimum Gasteiger partial charge on any atom is -0.305 e. The highest BCUT2D eigenvalue weighted by Gasteiger charge is 2.00. The van der Waals surface area contributed by atoms with Crippen LogP contribution in [0.15, 0.2) is 29.1 Å². The van der Waals surface area contributed by atoms with E-state index in [4.69, 9.17) is 0 Å². The van der Waals surface area contributed by atoms with Gasteiger partial charge in [0.05, 0.1) is 27.2 Å². The summed E-state index contributed by atoms with van der Waals surface area (Å²) >= 11 is 3.12. The fourth-order valence-corrected chi connectivity index (χ4v) is 1.42. The smallest absolute Gasteiger partial charge is 0.305 e.